The molecule has 96 valence electrons. The third-order valence-corrected chi connectivity index (χ3v) is 3.55. The highest BCUT2D eigenvalue weighted by Crippen LogP contribution is 2.24. The molecule has 1 saturated heterocycles. The van der Waals surface area contributed by atoms with Crippen molar-refractivity contribution in [3.63, 3.8) is 0 Å². The fourth-order valence-corrected chi connectivity index (χ4v) is 2.47. The number of benzene rings is 1. The van der Waals surface area contributed by atoms with Crippen molar-refractivity contribution < 1.29 is 14.1 Å². The van der Waals surface area contributed by atoms with Crippen LogP contribution in [0.15, 0.2) is 18.2 Å². The quantitative estimate of drug-likeness (QED) is 0.478. The predicted molar refractivity (Wildman–Crippen MR) is 66.3 cm³/mol. The molecule has 0 saturated carbocycles. The molecule has 1 unspecified atom stereocenters. The Morgan fingerprint density at radius 2 is 2.28 bits per heavy atom. The second-order valence-corrected chi connectivity index (χ2v) is 5.35. The van der Waals surface area contributed by atoms with Crippen molar-refractivity contribution >= 4 is 27.5 Å². The van der Waals surface area contributed by atoms with Gasteiger partial charge in [-0.15, -0.1) is 0 Å². The lowest BCUT2D eigenvalue weighted by atomic mass is 10.1. The van der Waals surface area contributed by atoms with Gasteiger partial charge in [-0.3, -0.25) is 14.9 Å². The summed E-state index contributed by atoms with van der Waals surface area (Å²) in [6, 6.07) is 2.92. The van der Waals surface area contributed by atoms with Gasteiger partial charge in [-0.2, -0.15) is 0 Å². The molecule has 2 rings (SSSR count). The van der Waals surface area contributed by atoms with Gasteiger partial charge in [-0.25, -0.2) is 4.39 Å². The van der Waals surface area contributed by atoms with Crippen LogP contribution in [0.3, 0.4) is 0 Å². The van der Waals surface area contributed by atoms with Crippen LogP contribution in [0.5, 0.6) is 0 Å². The Labute approximate surface area is 111 Å². The number of nitro benzene ring substituents is 1. The maximum atomic E-state index is 13.1. The summed E-state index contributed by atoms with van der Waals surface area (Å²) in [5.74, 6) is -1.15. The van der Waals surface area contributed by atoms with Crippen LogP contribution >= 0.6 is 15.9 Å². The first-order valence-electron chi connectivity index (χ1n) is 5.36. The van der Waals surface area contributed by atoms with Crippen molar-refractivity contribution in [3.8, 4) is 0 Å². The Balaban J connectivity index is 2.34. The monoisotopic (exact) mass is 316 g/mol. The Kier molecular flexibility index (Phi) is 3.60. The summed E-state index contributed by atoms with van der Waals surface area (Å²) in [5.41, 5.74) is -0.555. The van der Waals surface area contributed by atoms with Gasteiger partial charge in [-0.1, -0.05) is 15.9 Å². The third-order valence-electron chi connectivity index (χ3n) is 2.80. The lowest BCUT2D eigenvalue weighted by Gasteiger charge is -2.15. The number of nitrogens with zero attached hydrogens (tertiary/aromatic N) is 2. The second kappa shape index (κ2) is 5.01. The van der Waals surface area contributed by atoms with E-state index in [1.54, 1.807) is 0 Å². The number of nitro groups is 1. The van der Waals surface area contributed by atoms with E-state index in [1.165, 1.54) is 4.90 Å². The summed E-state index contributed by atoms with van der Waals surface area (Å²) >= 11 is 3.38. The molecule has 1 heterocycles. The van der Waals surface area contributed by atoms with Crippen molar-refractivity contribution in [3.05, 3.63) is 39.7 Å². The Bertz CT molecular complexity index is 509. The minimum absolute atomic E-state index is 0.189. The van der Waals surface area contributed by atoms with Gasteiger partial charge in [0.05, 0.1) is 4.92 Å². The molecule has 1 fully saturated rings. The first kappa shape index (κ1) is 12.9. The van der Waals surface area contributed by atoms with Gasteiger partial charge >= 0.3 is 0 Å². The number of carbonyl (C=O) groups excluding carboxylic acids is 1. The van der Waals surface area contributed by atoms with Crippen molar-refractivity contribution in [2.75, 3.05) is 13.1 Å². The zero-order valence-electron chi connectivity index (χ0n) is 9.31. The van der Waals surface area contributed by atoms with Crippen molar-refractivity contribution in [2.24, 2.45) is 0 Å². The van der Waals surface area contributed by atoms with E-state index in [1.807, 2.05) is 0 Å². The van der Waals surface area contributed by atoms with Crippen LogP contribution in [-0.2, 0) is 0 Å². The average molecular weight is 317 g/mol. The Morgan fingerprint density at radius 3 is 2.83 bits per heavy atom. The van der Waals surface area contributed by atoms with Crippen LogP contribution in [0.2, 0.25) is 0 Å². The fourth-order valence-electron chi connectivity index (χ4n) is 1.91. The maximum absolute atomic E-state index is 13.1. The molecule has 0 aliphatic carbocycles. The van der Waals surface area contributed by atoms with Crippen molar-refractivity contribution in [1.29, 1.82) is 0 Å². The lowest BCUT2D eigenvalue weighted by molar-refractivity contribution is -0.385. The molecular weight excluding hydrogens is 307 g/mol. The van der Waals surface area contributed by atoms with Crippen molar-refractivity contribution in [1.82, 2.24) is 4.90 Å². The standard InChI is InChI=1S/C11H10BrFN2O3/c12-7-3-4-14(6-7)11(16)9-5-8(13)1-2-10(9)15(17)18/h1-2,5,7H,3-4,6H2. The number of hydrogen-bond donors (Lipinski definition) is 0. The molecule has 0 bridgehead atoms. The first-order valence-corrected chi connectivity index (χ1v) is 6.28. The van der Waals surface area contributed by atoms with Gasteiger partial charge in [-0.05, 0) is 18.6 Å². The van der Waals surface area contributed by atoms with Gasteiger partial charge in [0.25, 0.3) is 11.6 Å². The average Bonchev–Trinajstić information content (AvgIpc) is 2.74. The van der Waals surface area contributed by atoms with E-state index < -0.39 is 16.6 Å². The molecule has 1 amide bonds. The molecule has 18 heavy (non-hydrogen) atoms. The second-order valence-electron chi connectivity index (χ2n) is 4.06. The van der Waals surface area contributed by atoms with Crippen molar-refractivity contribution in [2.45, 2.75) is 11.2 Å². The molecule has 1 aromatic carbocycles. The summed E-state index contributed by atoms with van der Waals surface area (Å²) < 4.78 is 13.1. The molecule has 7 heteroatoms. The molecule has 0 aromatic heterocycles. The summed E-state index contributed by atoms with van der Waals surface area (Å²) in [6.45, 7) is 0.995. The van der Waals surface area contributed by atoms with E-state index in [0.29, 0.717) is 13.1 Å². The van der Waals surface area contributed by atoms with E-state index in [2.05, 4.69) is 15.9 Å². The number of halogens is 2. The maximum Gasteiger partial charge on any atom is 0.282 e. The van der Waals surface area contributed by atoms with Crippen LogP contribution in [0, 0.1) is 15.9 Å². The summed E-state index contributed by atoms with van der Waals surface area (Å²) in [4.78, 5) is 23.9. The largest absolute Gasteiger partial charge is 0.337 e. The predicted octanol–water partition coefficient (Wildman–Crippen LogP) is 2.34. The number of hydrogen-bond acceptors (Lipinski definition) is 3. The van der Waals surface area contributed by atoms with Gasteiger partial charge in [0.15, 0.2) is 0 Å². The van der Waals surface area contributed by atoms with E-state index in [4.69, 9.17) is 0 Å². The van der Waals surface area contributed by atoms with Gasteiger partial charge in [0, 0.05) is 24.0 Å². The fraction of sp³-hybridized carbons (Fsp3) is 0.364. The molecule has 1 aliphatic heterocycles. The van der Waals surface area contributed by atoms with E-state index in [0.717, 1.165) is 24.6 Å². The van der Waals surface area contributed by atoms with Crippen LogP contribution in [0.1, 0.15) is 16.8 Å². The highest BCUT2D eigenvalue weighted by molar-refractivity contribution is 9.09. The van der Waals surface area contributed by atoms with Crippen LogP contribution in [-0.4, -0.2) is 33.6 Å². The SMILES string of the molecule is O=C(c1cc(F)ccc1[N+](=O)[O-])N1CCC(Br)C1. The number of likely N-dealkylation sites (tertiary alicyclic amines) is 1. The van der Waals surface area contributed by atoms with Gasteiger partial charge in [0.2, 0.25) is 0 Å². The zero-order valence-corrected chi connectivity index (χ0v) is 10.9. The molecule has 0 spiro atoms. The number of rotatable bonds is 2. The minimum atomic E-state index is -0.672. The lowest BCUT2D eigenvalue weighted by Crippen LogP contribution is -2.29. The molecule has 0 N–H and O–H groups in total. The highest BCUT2D eigenvalue weighted by atomic mass is 79.9. The van der Waals surface area contributed by atoms with Gasteiger partial charge < -0.3 is 4.90 Å². The first-order chi connectivity index (χ1) is 8.49. The molecule has 1 aliphatic rings. The Morgan fingerprint density at radius 1 is 1.56 bits per heavy atom. The minimum Gasteiger partial charge on any atom is -0.337 e. The normalized spacial score (nSPS) is 19.0. The Hall–Kier alpha value is -1.50. The van der Waals surface area contributed by atoms with Crippen LogP contribution in [0.4, 0.5) is 10.1 Å². The molecular formula is C11H10BrFN2O3. The number of alkyl halides is 1. The summed E-state index contributed by atoms with van der Waals surface area (Å²) in [7, 11) is 0. The van der Waals surface area contributed by atoms with E-state index in [9.17, 15) is 19.3 Å². The topological polar surface area (TPSA) is 63.4 Å². The molecule has 1 aromatic rings. The molecule has 5 nitrogen and oxygen atoms in total. The van der Waals surface area contributed by atoms with Gasteiger partial charge in [0.1, 0.15) is 11.4 Å². The molecule has 0 radical (unpaired) electrons. The van der Waals surface area contributed by atoms with Crippen LogP contribution in [0.25, 0.3) is 0 Å². The third kappa shape index (κ3) is 2.50. The van der Waals surface area contributed by atoms with E-state index >= 15 is 0 Å². The number of amides is 1. The van der Waals surface area contributed by atoms with E-state index in [-0.39, 0.29) is 16.1 Å². The summed E-state index contributed by atoms with van der Waals surface area (Å²) in [5, 5.41) is 10.8. The smallest absolute Gasteiger partial charge is 0.282 e. The zero-order chi connectivity index (χ0) is 13.3. The number of carbonyl (C=O) groups is 1. The summed E-state index contributed by atoms with van der Waals surface area (Å²) in [6.07, 6.45) is 0.787. The van der Waals surface area contributed by atoms with Crippen LogP contribution < -0.4 is 0 Å². The highest BCUT2D eigenvalue weighted by Gasteiger charge is 2.29. The molecule has 1 atom stereocenters.